The Labute approximate surface area is 140 Å². The Hall–Kier alpha value is -2.13. The number of allylic oxidation sites excluding steroid dienone is 1. The lowest BCUT2D eigenvalue weighted by molar-refractivity contribution is 0.409. The Balaban J connectivity index is 2.02. The average molecular weight is 348 g/mol. The summed E-state index contributed by atoms with van der Waals surface area (Å²) in [5.41, 5.74) is 0.739. The maximum Gasteiger partial charge on any atom is 0.268 e. The number of nitriles is 1. The van der Waals surface area contributed by atoms with Gasteiger partial charge < -0.3 is 4.52 Å². The van der Waals surface area contributed by atoms with Gasteiger partial charge in [-0.25, -0.2) is 0 Å². The van der Waals surface area contributed by atoms with E-state index in [1.54, 1.807) is 18.2 Å². The van der Waals surface area contributed by atoms with Crippen molar-refractivity contribution >= 4 is 46.2 Å². The molecular formula is C15H7Cl2N3OS. The molecule has 0 atom stereocenters. The fraction of sp³-hybridized carbons (Fsp3) is 0. The predicted octanol–water partition coefficient (Wildman–Crippen LogP) is 5.17. The van der Waals surface area contributed by atoms with Crippen molar-refractivity contribution in [3.63, 3.8) is 0 Å². The zero-order valence-corrected chi connectivity index (χ0v) is 13.3. The number of rotatable bonds is 3. The molecule has 2 aromatic heterocycles. The van der Waals surface area contributed by atoms with E-state index in [2.05, 4.69) is 10.1 Å². The lowest BCUT2D eigenvalue weighted by atomic mass is 10.1. The second kappa shape index (κ2) is 6.32. The van der Waals surface area contributed by atoms with Crippen LogP contribution in [0.1, 0.15) is 11.5 Å². The summed E-state index contributed by atoms with van der Waals surface area (Å²) in [4.78, 5) is 5.10. The lowest BCUT2D eigenvalue weighted by Gasteiger charge is -2.01. The molecule has 4 nitrogen and oxygen atoms in total. The Kier molecular flexibility index (Phi) is 4.25. The van der Waals surface area contributed by atoms with Crippen molar-refractivity contribution in [1.82, 2.24) is 10.1 Å². The zero-order valence-electron chi connectivity index (χ0n) is 11.0. The van der Waals surface area contributed by atoms with Crippen molar-refractivity contribution < 1.29 is 4.52 Å². The summed E-state index contributed by atoms with van der Waals surface area (Å²) in [5.74, 6) is 0.568. The van der Waals surface area contributed by atoms with E-state index in [-0.39, 0.29) is 11.5 Å². The van der Waals surface area contributed by atoms with E-state index in [0.29, 0.717) is 21.4 Å². The minimum atomic E-state index is 0.127. The monoisotopic (exact) mass is 347 g/mol. The fourth-order valence-electron chi connectivity index (χ4n) is 1.77. The first-order valence-electron chi connectivity index (χ1n) is 6.13. The van der Waals surface area contributed by atoms with Crippen molar-refractivity contribution in [3.05, 3.63) is 57.2 Å². The molecule has 2 heterocycles. The lowest BCUT2D eigenvalue weighted by Crippen LogP contribution is -1.84. The van der Waals surface area contributed by atoms with Crippen LogP contribution in [-0.4, -0.2) is 10.1 Å². The first-order valence-corrected chi connectivity index (χ1v) is 7.76. The average Bonchev–Trinajstić information content (AvgIpc) is 3.18. The summed E-state index contributed by atoms with van der Waals surface area (Å²) in [6.07, 6.45) is 1.54. The molecule has 108 valence electrons. The first-order chi connectivity index (χ1) is 10.7. The molecule has 0 aliphatic carbocycles. The van der Waals surface area contributed by atoms with Gasteiger partial charge >= 0.3 is 0 Å². The molecule has 3 rings (SSSR count). The number of hydrogen-bond donors (Lipinski definition) is 0. The molecule has 0 saturated carbocycles. The van der Waals surface area contributed by atoms with Crippen LogP contribution in [0.2, 0.25) is 10.0 Å². The van der Waals surface area contributed by atoms with Gasteiger partial charge in [0, 0.05) is 15.6 Å². The molecule has 0 saturated heterocycles. The van der Waals surface area contributed by atoms with E-state index >= 15 is 0 Å². The predicted molar refractivity (Wildman–Crippen MR) is 87.6 cm³/mol. The van der Waals surface area contributed by atoms with Gasteiger partial charge in [-0.05, 0) is 29.7 Å². The van der Waals surface area contributed by atoms with Crippen molar-refractivity contribution in [2.24, 2.45) is 0 Å². The molecule has 0 aliphatic rings. The van der Waals surface area contributed by atoms with Gasteiger partial charge in [-0.1, -0.05) is 40.5 Å². The van der Waals surface area contributed by atoms with Crippen LogP contribution in [0.25, 0.3) is 22.4 Å². The van der Waals surface area contributed by atoms with Gasteiger partial charge in [-0.15, -0.1) is 11.3 Å². The molecule has 22 heavy (non-hydrogen) atoms. The smallest absolute Gasteiger partial charge is 0.268 e. The maximum absolute atomic E-state index is 9.33. The van der Waals surface area contributed by atoms with Crippen LogP contribution in [0.15, 0.2) is 40.2 Å². The highest BCUT2D eigenvalue weighted by Gasteiger charge is 2.14. The molecule has 0 N–H and O–H groups in total. The van der Waals surface area contributed by atoms with Gasteiger partial charge in [0.05, 0.1) is 4.88 Å². The van der Waals surface area contributed by atoms with Gasteiger partial charge in [0.15, 0.2) is 0 Å². The number of aromatic nitrogens is 2. The number of thiophene rings is 1. The van der Waals surface area contributed by atoms with E-state index < -0.39 is 0 Å². The van der Waals surface area contributed by atoms with Gasteiger partial charge in [0.25, 0.3) is 5.89 Å². The van der Waals surface area contributed by atoms with Crippen LogP contribution < -0.4 is 0 Å². The normalized spacial score (nSPS) is 11.4. The van der Waals surface area contributed by atoms with E-state index in [1.807, 2.05) is 23.6 Å². The number of benzene rings is 1. The maximum atomic E-state index is 9.33. The van der Waals surface area contributed by atoms with Crippen molar-refractivity contribution in [1.29, 1.82) is 5.26 Å². The Bertz CT molecular complexity index is 858. The second-order valence-corrected chi connectivity index (χ2v) is 5.97. The van der Waals surface area contributed by atoms with Crippen LogP contribution in [0, 0.1) is 11.3 Å². The first kappa shape index (κ1) is 14.8. The molecule has 0 unspecified atom stereocenters. The Morgan fingerprint density at radius 1 is 1.23 bits per heavy atom. The molecule has 0 amide bonds. The molecule has 0 fully saturated rings. The van der Waals surface area contributed by atoms with E-state index in [0.717, 1.165) is 4.88 Å². The van der Waals surface area contributed by atoms with Crippen molar-refractivity contribution in [3.8, 4) is 16.8 Å². The highest BCUT2D eigenvalue weighted by atomic mass is 35.5. The van der Waals surface area contributed by atoms with Crippen molar-refractivity contribution in [2.45, 2.75) is 0 Å². The highest BCUT2D eigenvalue weighted by Crippen LogP contribution is 2.29. The van der Waals surface area contributed by atoms with E-state index in [9.17, 15) is 5.26 Å². The standard InChI is InChI=1S/C15H7Cl2N3OS/c16-11-3-1-4-12(17)10(11)7-9(8-18)15-19-14(20-21-15)13-5-2-6-22-13/h1-7H/b9-7+. The number of halogens is 2. The van der Waals surface area contributed by atoms with Gasteiger partial charge in [-0.3, -0.25) is 0 Å². The number of nitrogens with zero attached hydrogens (tertiary/aromatic N) is 3. The molecule has 0 aliphatic heterocycles. The third-order valence-electron chi connectivity index (χ3n) is 2.81. The third-order valence-corrected chi connectivity index (χ3v) is 4.33. The SMILES string of the molecule is N#C/C(=C\c1c(Cl)cccc1Cl)c1nc(-c2cccs2)no1. The quantitative estimate of drug-likeness (QED) is 0.613. The summed E-state index contributed by atoms with van der Waals surface area (Å²) in [5, 5.41) is 16.0. The highest BCUT2D eigenvalue weighted by molar-refractivity contribution is 7.13. The number of hydrogen-bond acceptors (Lipinski definition) is 5. The van der Waals surface area contributed by atoms with E-state index in [1.165, 1.54) is 17.4 Å². The zero-order chi connectivity index (χ0) is 15.5. The third kappa shape index (κ3) is 2.90. The fourth-order valence-corrected chi connectivity index (χ4v) is 2.93. The largest absolute Gasteiger partial charge is 0.333 e. The summed E-state index contributed by atoms with van der Waals surface area (Å²) >= 11 is 13.7. The van der Waals surface area contributed by atoms with Gasteiger partial charge in [0.2, 0.25) is 5.82 Å². The molecule has 7 heteroatoms. The second-order valence-electron chi connectivity index (χ2n) is 4.21. The minimum absolute atomic E-state index is 0.127. The summed E-state index contributed by atoms with van der Waals surface area (Å²) < 4.78 is 5.16. The summed E-state index contributed by atoms with van der Waals surface area (Å²) in [6, 6.07) is 10.9. The van der Waals surface area contributed by atoms with Crippen LogP contribution in [-0.2, 0) is 0 Å². The van der Waals surface area contributed by atoms with Crippen LogP contribution >= 0.6 is 34.5 Å². The molecule has 3 aromatic rings. The van der Waals surface area contributed by atoms with Crippen LogP contribution in [0.4, 0.5) is 0 Å². The molecule has 1 aromatic carbocycles. The molecule has 0 bridgehead atoms. The molecule has 0 radical (unpaired) electrons. The molecular weight excluding hydrogens is 341 g/mol. The van der Waals surface area contributed by atoms with Gasteiger partial charge in [-0.2, -0.15) is 10.2 Å². The van der Waals surface area contributed by atoms with Gasteiger partial charge in [0.1, 0.15) is 11.6 Å². The topological polar surface area (TPSA) is 62.7 Å². The van der Waals surface area contributed by atoms with Crippen molar-refractivity contribution in [2.75, 3.05) is 0 Å². The van der Waals surface area contributed by atoms with Crippen LogP contribution in [0.3, 0.4) is 0 Å². The van der Waals surface area contributed by atoms with E-state index in [4.69, 9.17) is 27.7 Å². The minimum Gasteiger partial charge on any atom is -0.333 e. The Morgan fingerprint density at radius 3 is 2.64 bits per heavy atom. The summed E-state index contributed by atoms with van der Waals surface area (Å²) in [7, 11) is 0. The summed E-state index contributed by atoms with van der Waals surface area (Å²) in [6.45, 7) is 0. The molecule has 0 spiro atoms. The Morgan fingerprint density at radius 2 is 2.00 bits per heavy atom. The van der Waals surface area contributed by atoms with Crippen LogP contribution in [0.5, 0.6) is 0 Å².